The van der Waals surface area contributed by atoms with Gasteiger partial charge in [0.25, 0.3) is 5.56 Å². The number of nitrogens with two attached hydrogens (primary N) is 1. The van der Waals surface area contributed by atoms with Crippen LogP contribution < -0.4 is 17.0 Å². The molecule has 1 unspecified atom stereocenters. The van der Waals surface area contributed by atoms with Crippen molar-refractivity contribution in [1.82, 2.24) is 14.0 Å². The third-order valence-corrected chi connectivity index (χ3v) is 3.50. The molecule has 0 aliphatic rings. The maximum Gasteiger partial charge on any atom is 0.330 e. The number of nitrogens with zero attached hydrogens (tertiary/aromatic N) is 3. The first-order valence-corrected chi connectivity index (χ1v) is 6.73. The van der Waals surface area contributed by atoms with Crippen molar-refractivity contribution in [2.75, 3.05) is 7.05 Å². The molecule has 0 aliphatic heterocycles. The van der Waals surface area contributed by atoms with Gasteiger partial charge in [-0.2, -0.15) is 0 Å². The highest BCUT2D eigenvalue weighted by molar-refractivity contribution is 5.82. The number of carbonyl (C=O) groups is 1. The lowest BCUT2D eigenvalue weighted by atomic mass is 9.86. The summed E-state index contributed by atoms with van der Waals surface area (Å²) in [6.07, 6.45) is 1.46. The van der Waals surface area contributed by atoms with E-state index in [0.29, 0.717) is 5.56 Å². The number of hydrogen-bond donors (Lipinski definition) is 1. The van der Waals surface area contributed by atoms with Crippen LogP contribution in [0.5, 0.6) is 0 Å². The first-order valence-electron chi connectivity index (χ1n) is 6.73. The van der Waals surface area contributed by atoms with Crippen molar-refractivity contribution in [3.05, 3.63) is 32.6 Å². The summed E-state index contributed by atoms with van der Waals surface area (Å²) in [5.74, 6) is -0.238. The molecule has 1 heterocycles. The van der Waals surface area contributed by atoms with Gasteiger partial charge < -0.3 is 15.2 Å². The Morgan fingerprint density at radius 3 is 2.33 bits per heavy atom. The number of carbonyl (C=O) groups excluding carboxylic acids is 1. The van der Waals surface area contributed by atoms with Crippen LogP contribution in [0.4, 0.5) is 0 Å². The van der Waals surface area contributed by atoms with Gasteiger partial charge in [-0.25, -0.2) is 4.79 Å². The summed E-state index contributed by atoms with van der Waals surface area (Å²) in [6.45, 7) is 5.77. The molecule has 0 radical (unpaired) electrons. The van der Waals surface area contributed by atoms with Crippen molar-refractivity contribution in [3.8, 4) is 0 Å². The third kappa shape index (κ3) is 3.60. The highest BCUT2D eigenvalue weighted by Gasteiger charge is 2.30. The average Bonchev–Trinajstić information content (AvgIpc) is 2.39. The highest BCUT2D eigenvalue weighted by atomic mass is 16.2. The minimum absolute atomic E-state index is 0.114. The summed E-state index contributed by atoms with van der Waals surface area (Å²) in [7, 11) is 4.57. The standard InChI is InChI=1S/C14H24N4O3/c1-14(2,3)10(15)12(20)16(4)7-9-8-17(5)13(21)18(6)11(9)19/h8,10H,7,15H2,1-6H3. The smallest absolute Gasteiger partial charge is 0.330 e. The van der Waals surface area contributed by atoms with E-state index >= 15 is 0 Å². The molecule has 1 atom stereocenters. The van der Waals surface area contributed by atoms with Gasteiger partial charge in [0.2, 0.25) is 5.91 Å². The van der Waals surface area contributed by atoms with Gasteiger partial charge in [0, 0.05) is 27.3 Å². The molecular weight excluding hydrogens is 272 g/mol. The molecule has 1 rings (SSSR count). The van der Waals surface area contributed by atoms with Crippen molar-refractivity contribution < 1.29 is 4.79 Å². The molecule has 0 aliphatic carbocycles. The zero-order valence-corrected chi connectivity index (χ0v) is 13.5. The Morgan fingerprint density at radius 2 is 1.86 bits per heavy atom. The van der Waals surface area contributed by atoms with E-state index in [1.807, 2.05) is 20.8 Å². The van der Waals surface area contributed by atoms with E-state index in [-0.39, 0.29) is 17.9 Å². The normalized spacial score (nSPS) is 13.1. The molecule has 0 bridgehead atoms. The van der Waals surface area contributed by atoms with Crippen LogP contribution in [-0.2, 0) is 25.4 Å². The van der Waals surface area contributed by atoms with Gasteiger partial charge in [-0.15, -0.1) is 0 Å². The van der Waals surface area contributed by atoms with Gasteiger partial charge >= 0.3 is 5.69 Å². The van der Waals surface area contributed by atoms with Crippen LogP contribution >= 0.6 is 0 Å². The van der Waals surface area contributed by atoms with Crippen molar-refractivity contribution in [1.29, 1.82) is 0 Å². The molecule has 1 aromatic rings. The van der Waals surface area contributed by atoms with Crippen LogP contribution in [0.2, 0.25) is 0 Å². The zero-order chi connectivity index (χ0) is 16.5. The summed E-state index contributed by atoms with van der Waals surface area (Å²) in [6, 6.07) is -0.654. The van der Waals surface area contributed by atoms with E-state index < -0.39 is 17.3 Å². The molecule has 0 saturated heterocycles. The third-order valence-electron chi connectivity index (χ3n) is 3.50. The molecule has 118 valence electrons. The maximum absolute atomic E-state index is 12.3. The van der Waals surface area contributed by atoms with Crippen molar-refractivity contribution >= 4 is 5.91 Å². The topological polar surface area (TPSA) is 90.3 Å². The van der Waals surface area contributed by atoms with Crippen molar-refractivity contribution in [2.45, 2.75) is 33.4 Å². The lowest BCUT2D eigenvalue weighted by molar-refractivity contribution is -0.134. The summed E-state index contributed by atoms with van der Waals surface area (Å²) in [5.41, 5.74) is 5.15. The molecule has 7 nitrogen and oxygen atoms in total. The fourth-order valence-corrected chi connectivity index (χ4v) is 1.93. The summed E-state index contributed by atoms with van der Waals surface area (Å²) in [5, 5.41) is 0. The second-order valence-corrected chi connectivity index (χ2v) is 6.45. The van der Waals surface area contributed by atoms with Gasteiger partial charge in [-0.05, 0) is 5.41 Å². The lowest BCUT2D eigenvalue weighted by Gasteiger charge is -2.30. The Labute approximate surface area is 124 Å². The predicted octanol–water partition coefficient (Wildman–Crippen LogP) is -0.584. The summed E-state index contributed by atoms with van der Waals surface area (Å²) < 4.78 is 2.34. The molecule has 0 fully saturated rings. The first-order chi connectivity index (χ1) is 9.46. The van der Waals surface area contributed by atoms with E-state index in [0.717, 1.165) is 4.57 Å². The largest absolute Gasteiger partial charge is 0.340 e. The SMILES string of the molecule is CN(Cc1cn(C)c(=O)n(C)c1=O)C(=O)C(N)C(C)(C)C. The maximum atomic E-state index is 12.3. The van der Waals surface area contributed by atoms with Crippen LogP contribution in [0.15, 0.2) is 15.8 Å². The van der Waals surface area contributed by atoms with Crippen LogP contribution in [0.3, 0.4) is 0 Å². The van der Waals surface area contributed by atoms with Gasteiger partial charge in [-0.3, -0.25) is 14.2 Å². The molecule has 2 N–H and O–H groups in total. The van der Waals surface area contributed by atoms with E-state index in [9.17, 15) is 14.4 Å². The second kappa shape index (κ2) is 5.85. The van der Waals surface area contributed by atoms with Gasteiger partial charge in [0.1, 0.15) is 0 Å². The van der Waals surface area contributed by atoms with Crippen LogP contribution in [-0.4, -0.2) is 33.0 Å². The Bertz CT molecular complexity index is 652. The van der Waals surface area contributed by atoms with Crippen molar-refractivity contribution in [3.63, 3.8) is 0 Å². The minimum Gasteiger partial charge on any atom is -0.340 e. The highest BCUT2D eigenvalue weighted by Crippen LogP contribution is 2.19. The molecule has 21 heavy (non-hydrogen) atoms. The number of rotatable bonds is 3. The van der Waals surface area contributed by atoms with Gasteiger partial charge in [0.05, 0.1) is 18.2 Å². The van der Waals surface area contributed by atoms with Crippen molar-refractivity contribution in [2.24, 2.45) is 25.2 Å². The summed E-state index contributed by atoms with van der Waals surface area (Å²) >= 11 is 0. The molecule has 0 saturated carbocycles. The lowest BCUT2D eigenvalue weighted by Crippen LogP contribution is -2.49. The number of aromatic nitrogens is 2. The van der Waals surface area contributed by atoms with E-state index in [1.54, 1.807) is 14.1 Å². The molecular formula is C14H24N4O3. The van der Waals surface area contributed by atoms with Gasteiger partial charge in [-0.1, -0.05) is 20.8 Å². The second-order valence-electron chi connectivity index (χ2n) is 6.45. The Hall–Kier alpha value is -1.89. The van der Waals surface area contributed by atoms with Crippen LogP contribution in [0, 0.1) is 5.41 Å². The van der Waals surface area contributed by atoms with Crippen LogP contribution in [0.1, 0.15) is 26.3 Å². The molecule has 7 heteroatoms. The monoisotopic (exact) mass is 296 g/mol. The number of aryl methyl sites for hydroxylation is 1. The Balaban J connectivity index is 3.05. The predicted molar refractivity (Wildman–Crippen MR) is 80.8 cm³/mol. The number of likely N-dealkylation sites (N-methyl/N-ethyl adjacent to an activating group) is 1. The number of amides is 1. The fraction of sp³-hybridized carbons (Fsp3) is 0.643. The average molecular weight is 296 g/mol. The Kier molecular flexibility index (Phi) is 4.78. The number of hydrogen-bond acceptors (Lipinski definition) is 4. The molecule has 0 spiro atoms. The van der Waals surface area contributed by atoms with E-state index in [2.05, 4.69) is 0 Å². The summed E-state index contributed by atoms with van der Waals surface area (Å²) in [4.78, 5) is 37.4. The molecule has 1 amide bonds. The zero-order valence-electron chi connectivity index (χ0n) is 13.5. The molecule has 0 aromatic carbocycles. The quantitative estimate of drug-likeness (QED) is 0.807. The molecule has 1 aromatic heterocycles. The van der Waals surface area contributed by atoms with E-state index in [1.165, 1.54) is 22.7 Å². The van der Waals surface area contributed by atoms with E-state index in [4.69, 9.17) is 5.73 Å². The Morgan fingerprint density at radius 1 is 1.33 bits per heavy atom. The first kappa shape index (κ1) is 17.2. The van der Waals surface area contributed by atoms with Crippen LogP contribution in [0.25, 0.3) is 0 Å². The minimum atomic E-state index is -0.654. The fourth-order valence-electron chi connectivity index (χ4n) is 1.93. The van der Waals surface area contributed by atoms with Gasteiger partial charge in [0.15, 0.2) is 0 Å².